The molecule has 3 rings (SSSR count). The molecule has 1 saturated carbocycles. The summed E-state index contributed by atoms with van der Waals surface area (Å²) in [4.78, 5) is 17.7. The van der Waals surface area contributed by atoms with Crippen molar-refractivity contribution < 1.29 is 4.79 Å². The highest BCUT2D eigenvalue weighted by Gasteiger charge is 2.19. The van der Waals surface area contributed by atoms with E-state index in [1.807, 2.05) is 6.20 Å². The van der Waals surface area contributed by atoms with E-state index in [9.17, 15) is 4.79 Å². The predicted octanol–water partition coefficient (Wildman–Crippen LogP) is 3.52. The van der Waals surface area contributed by atoms with Crippen LogP contribution in [0.2, 0.25) is 0 Å². The summed E-state index contributed by atoms with van der Waals surface area (Å²) in [5.74, 6) is 1.53. The molecule has 0 radical (unpaired) electrons. The molecule has 0 bridgehead atoms. The molecule has 0 aromatic carbocycles. The largest absolute Gasteiger partial charge is 0.317 e. The lowest BCUT2D eigenvalue weighted by molar-refractivity contribution is -0.116. The highest BCUT2D eigenvalue weighted by atomic mass is 32.1. The van der Waals surface area contributed by atoms with Crippen molar-refractivity contribution in [3.05, 3.63) is 11.1 Å². The fraction of sp³-hybridized carbons (Fsp3) is 0.750. The zero-order valence-corrected chi connectivity index (χ0v) is 13.4. The van der Waals surface area contributed by atoms with E-state index in [-0.39, 0.29) is 5.91 Å². The van der Waals surface area contributed by atoms with Gasteiger partial charge in [0.2, 0.25) is 5.91 Å². The lowest BCUT2D eigenvalue weighted by atomic mass is 9.97. The summed E-state index contributed by atoms with van der Waals surface area (Å²) in [5, 5.41) is 7.14. The molecule has 4 nitrogen and oxygen atoms in total. The van der Waals surface area contributed by atoms with Gasteiger partial charge < -0.3 is 10.6 Å². The molecule has 2 fully saturated rings. The number of anilines is 1. The third kappa shape index (κ3) is 4.27. The summed E-state index contributed by atoms with van der Waals surface area (Å²) in [7, 11) is 0. The summed E-state index contributed by atoms with van der Waals surface area (Å²) in [5.41, 5.74) is 0. The van der Waals surface area contributed by atoms with Crippen LogP contribution in [0, 0.1) is 5.92 Å². The van der Waals surface area contributed by atoms with Gasteiger partial charge in [0.15, 0.2) is 5.13 Å². The van der Waals surface area contributed by atoms with Gasteiger partial charge in [0, 0.05) is 17.5 Å². The number of hydrogen-bond donors (Lipinski definition) is 2. The van der Waals surface area contributed by atoms with Gasteiger partial charge in [-0.25, -0.2) is 4.98 Å². The zero-order valence-electron chi connectivity index (χ0n) is 12.6. The lowest BCUT2D eigenvalue weighted by Crippen LogP contribution is -2.26. The first-order valence-corrected chi connectivity index (χ1v) is 9.09. The molecule has 0 unspecified atom stereocenters. The minimum Gasteiger partial charge on any atom is -0.317 e. The Balaban J connectivity index is 1.45. The molecule has 0 spiro atoms. The van der Waals surface area contributed by atoms with Crippen LogP contribution < -0.4 is 10.6 Å². The Morgan fingerprint density at radius 1 is 1.29 bits per heavy atom. The first-order valence-electron chi connectivity index (χ1n) is 8.27. The molecule has 1 aliphatic carbocycles. The Bertz CT molecular complexity index is 462. The monoisotopic (exact) mass is 307 g/mol. The highest BCUT2D eigenvalue weighted by molar-refractivity contribution is 7.15. The highest BCUT2D eigenvalue weighted by Crippen LogP contribution is 2.32. The van der Waals surface area contributed by atoms with Crippen LogP contribution in [0.4, 0.5) is 5.13 Å². The van der Waals surface area contributed by atoms with E-state index in [0.29, 0.717) is 12.3 Å². The number of nitrogens with zero attached hydrogens (tertiary/aromatic N) is 1. The molecule has 1 aromatic heterocycles. The van der Waals surface area contributed by atoms with Crippen molar-refractivity contribution in [2.75, 3.05) is 18.4 Å². The fourth-order valence-electron chi connectivity index (χ4n) is 3.46. The predicted molar refractivity (Wildman–Crippen MR) is 86.8 cm³/mol. The SMILES string of the molecule is O=C(CCC1CCCC1)Nc1ncc(C2CCNCC2)s1. The fourth-order valence-corrected chi connectivity index (χ4v) is 4.46. The van der Waals surface area contributed by atoms with Crippen molar-refractivity contribution in [3.63, 3.8) is 0 Å². The van der Waals surface area contributed by atoms with Gasteiger partial charge in [0.05, 0.1) is 0 Å². The molecule has 1 aromatic rings. The summed E-state index contributed by atoms with van der Waals surface area (Å²) in [6.07, 6.45) is 11.3. The standard InChI is InChI=1S/C16H25N3OS/c20-15(6-5-12-3-1-2-4-12)19-16-18-11-14(21-16)13-7-9-17-10-8-13/h11-13,17H,1-10H2,(H,18,19,20). The van der Waals surface area contributed by atoms with Gasteiger partial charge in [0.1, 0.15) is 0 Å². The molecular formula is C16H25N3OS. The van der Waals surface area contributed by atoms with Crippen LogP contribution in [0.3, 0.4) is 0 Å². The average molecular weight is 307 g/mol. The number of rotatable bonds is 5. The van der Waals surface area contributed by atoms with Crippen molar-refractivity contribution >= 4 is 22.4 Å². The average Bonchev–Trinajstić information content (AvgIpc) is 3.17. The molecule has 2 heterocycles. The van der Waals surface area contributed by atoms with Crippen LogP contribution in [0.1, 0.15) is 62.2 Å². The summed E-state index contributed by atoms with van der Waals surface area (Å²) >= 11 is 1.66. The van der Waals surface area contributed by atoms with Crippen molar-refractivity contribution in [3.8, 4) is 0 Å². The summed E-state index contributed by atoms with van der Waals surface area (Å²) < 4.78 is 0. The van der Waals surface area contributed by atoms with E-state index in [4.69, 9.17) is 0 Å². The molecule has 116 valence electrons. The number of thiazole rings is 1. The third-order valence-corrected chi connectivity index (χ3v) is 5.84. The molecule has 5 heteroatoms. The second-order valence-corrected chi connectivity index (χ2v) is 7.39. The summed E-state index contributed by atoms with van der Waals surface area (Å²) in [6.45, 7) is 2.18. The molecule has 1 amide bonds. The van der Waals surface area contributed by atoms with Crippen LogP contribution in [-0.4, -0.2) is 24.0 Å². The van der Waals surface area contributed by atoms with E-state index in [1.54, 1.807) is 11.3 Å². The molecule has 21 heavy (non-hydrogen) atoms. The van der Waals surface area contributed by atoms with E-state index in [1.165, 1.54) is 43.4 Å². The van der Waals surface area contributed by atoms with Gasteiger partial charge in [-0.1, -0.05) is 25.7 Å². The first-order chi connectivity index (χ1) is 10.3. The number of nitrogens with one attached hydrogen (secondary N) is 2. The lowest BCUT2D eigenvalue weighted by Gasteiger charge is -2.20. The second-order valence-electron chi connectivity index (χ2n) is 6.33. The molecule has 2 N–H and O–H groups in total. The molecule has 0 atom stereocenters. The van der Waals surface area contributed by atoms with Crippen molar-refractivity contribution in [1.82, 2.24) is 10.3 Å². The quantitative estimate of drug-likeness (QED) is 0.875. The Morgan fingerprint density at radius 2 is 2.05 bits per heavy atom. The minimum atomic E-state index is 0.133. The van der Waals surface area contributed by atoms with E-state index < -0.39 is 0 Å². The number of hydrogen-bond acceptors (Lipinski definition) is 4. The number of aromatic nitrogens is 1. The van der Waals surface area contributed by atoms with E-state index in [0.717, 1.165) is 30.6 Å². The second kappa shape index (κ2) is 7.36. The number of carbonyl (C=O) groups excluding carboxylic acids is 1. The maximum Gasteiger partial charge on any atom is 0.226 e. The zero-order chi connectivity index (χ0) is 14.5. The van der Waals surface area contributed by atoms with Gasteiger partial charge in [-0.05, 0) is 44.2 Å². The Labute approximate surface area is 130 Å². The van der Waals surface area contributed by atoms with Gasteiger partial charge in [-0.15, -0.1) is 11.3 Å². The van der Waals surface area contributed by atoms with Crippen molar-refractivity contribution in [2.45, 2.75) is 57.3 Å². The van der Waals surface area contributed by atoms with Crippen molar-refractivity contribution in [2.24, 2.45) is 5.92 Å². The molecule has 1 aliphatic heterocycles. The van der Waals surface area contributed by atoms with Gasteiger partial charge in [-0.3, -0.25) is 4.79 Å². The van der Waals surface area contributed by atoms with E-state index >= 15 is 0 Å². The number of amides is 1. The number of piperidine rings is 1. The Morgan fingerprint density at radius 3 is 2.81 bits per heavy atom. The van der Waals surface area contributed by atoms with Crippen molar-refractivity contribution in [1.29, 1.82) is 0 Å². The Kier molecular flexibility index (Phi) is 5.25. The molecule has 2 aliphatic rings. The topological polar surface area (TPSA) is 54.0 Å². The smallest absolute Gasteiger partial charge is 0.226 e. The van der Waals surface area contributed by atoms with Crippen LogP contribution in [0.5, 0.6) is 0 Å². The maximum absolute atomic E-state index is 12.0. The minimum absolute atomic E-state index is 0.133. The summed E-state index contributed by atoms with van der Waals surface area (Å²) in [6, 6.07) is 0. The molecular weight excluding hydrogens is 282 g/mol. The third-order valence-electron chi connectivity index (χ3n) is 4.77. The first kappa shape index (κ1) is 15.0. The van der Waals surface area contributed by atoms with Crippen LogP contribution in [0.25, 0.3) is 0 Å². The van der Waals surface area contributed by atoms with Crippen LogP contribution in [-0.2, 0) is 4.79 Å². The number of carbonyl (C=O) groups is 1. The van der Waals surface area contributed by atoms with E-state index in [2.05, 4.69) is 15.6 Å². The Hall–Kier alpha value is -0.940. The normalized spacial score (nSPS) is 20.8. The van der Waals surface area contributed by atoms with Gasteiger partial charge >= 0.3 is 0 Å². The van der Waals surface area contributed by atoms with Gasteiger partial charge in [0.25, 0.3) is 0 Å². The van der Waals surface area contributed by atoms with Gasteiger partial charge in [-0.2, -0.15) is 0 Å². The van der Waals surface area contributed by atoms with Crippen LogP contribution >= 0.6 is 11.3 Å². The maximum atomic E-state index is 12.0. The molecule has 1 saturated heterocycles. The van der Waals surface area contributed by atoms with Crippen LogP contribution in [0.15, 0.2) is 6.20 Å².